The molecular formula is C28H24Cl2N4O3. The van der Waals surface area contributed by atoms with Crippen molar-refractivity contribution in [2.45, 2.75) is 32.2 Å². The molecule has 4 aromatic rings. The van der Waals surface area contributed by atoms with Gasteiger partial charge in [0, 0.05) is 35.3 Å². The molecular weight excluding hydrogens is 511 g/mol. The lowest BCUT2D eigenvalue weighted by molar-refractivity contribution is 0.102. The van der Waals surface area contributed by atoms with Crippen LogP contribution >= 0.6 is 23.2 Å². The molecule has 1 fully saturated rings. The Hall–Kier alpha value is -3.81. The third kappa shape index (κ3) is 5.63. The van der Waals surface area contributed by atoms with E-state index in [1.54, 1.807) is 42.5 Å². The number of phenols is 1. The average Bonchev–Trinajstić information content (AvgIpc) is 3.63. The van der Waals surface area contributed by atoms with Crippen LogP contribution in [0.25, 0.3) is 11.3 Å². The molecule has 1 aliphatic carbocycles. The minimum absolute atomic E-state index is 0.0510. The highest BCUT2D eigenvalue weighted by atomic mass is 35.5. The number of halogens is 2. The molecule has 9 heteroatoms. The standard InChI is InChI=1S/C28H24Cl2N4O3/c1-16-2-5-19(6-3-16)27(36)32-20-9-10-21(26(35)13-20)24-14-25(18-7-8-18)34(33-24)28(37)31-15-17-4-11-22(29)23(30)12-17/h2-6,9-14,18,35H,7-8,15H2,1H3,(H,31,37)(H,32,36). The van der Waals surface area contributed by atoms with Crippen molar-refractivity contribution in [1.29, 1.82) is 0 Å². The Morgan fingerprint density at radius 2 is 1.76 bits per heavy atom. The summed E-state index contributed by atoms with van der Waals surface area (Å²) in [5.41, 5.74) is 4.57. The number of rotatable bonds is 6. The fourth-order valence-corrected chi connectivity index (χ4v) is 4.32. The highest BCUT2D eigenvalue weighted by Gasteiger charge is 2.30. The number of amides is 2. The van der Waals surface area contributed by atoms with Crippen molar-refractivity contribution in [3.8, 4) is 17.0 Å². The van der Waals surface area contributed by atoms with Gasteiger partial charge in [0.1, 0.15) is 5.75 Å². The van der Waals surface area contributed by atoms with Crippen molar-refractivity contribution in [2.24, 2.45) is 0 Å². The maximum atomic E-state index is 13.0. The first kappa shape index (κ1) is 24.9. The maximum Gasteiger partial charge on any atom is 0.342 e. The first-order chi connectivity index (χ1) is 17.8. The number of nitrogens with one attached hydrogen (secondary N) is 2. The number of aromatic nitrogens is 2. The van der Waals surface area contributed by atoms with Crippen LogP contribution in [0.4, 0.5) is 10.5 Å². The number of phenolic OH excluding ortho intramolecular Hbond substituents is 1. The SMILES string of the molecule is Cc1ccc(C(=O)Nc2ccc(-c3cc(C4CC4)n(C(=O)NCc4ccc(Cl)c(Cl)c4)n3)c(O)c2)cc1. The van der Waals surface area contributed by atoms with Gasteiger partial charge >= 0.3 is 6.03 Å². The third-order valence-corrected chi connectivity index (χ3v) is 6.94. The lowest BCUT2D eigenvalue weighted by atomic mass is 10.1. The average molecular weight is 535 g/mol. The maximum absolute atomic E-state index is 13.0. The summed E-state index contributed by atoms with van der Waals surface area (Å²) in [4.78, 5) is 25.5. The zero-order valence-corrected chi connectivity index (χ0v) is 21.5. The topological polar surface area (TPSA) is 96.3 Å². The molecule has 0 atom stereocenters. The number of aromatic hydroxyl groups is 1. The van der Waals surface area contributed by atoms with Gasteiger partial charge in [-0.3, -0.25) is 4.79 Å². The number of aryl methyl sites for hydroxylation is 1. The number of nitrogens with zero attached hydrogens (tertiary/aromatic N) is 2. The Labute approximate surface area is 224 Å². The van der Waals surface area contributed by atoms with Gasteiger partial charge in [-0.25, -0.2) is 4.79 Å². The second-order valence-corrected chi connectivity index (χ2v) is 9.91. The van der Waals surface area contributed by atoms with Crippen LogP contribution in [-0.4, -0.2) is 26.8 Å². The largest absolute Gasteiger partial charge is 0.507 e. The molecule has 0 spiro atoms. The van der Waals surface area contributed by atoms with Crippen LogP contribution in [0.2, 0.25) is 10.0 Å². The Balaban J connectivity index is 1.33. The summed E-state index contributed by atoms with van der Waals surface area (Å²) in [5, 5.41) is 21.8. The zero-order chi connectivity index (χ0) is 26.1. The van der Waals surface area contributed by atoms with E-state index < -0.39 is 0 Å². The van der Waals surface area contributed by atoms with E-state index in [-0.39, 0.29) is 30.2 Å². The molecule has 0 radical (unpaired) electrons. The molecule has 3 N–H and O–H groups in total. The highest BCUT2D eigenvalue weighted by Crippen LogP contribution is 2.42. The van der Waals surface area contributed by atoms with E-state index >= 15 is 0 Å². The molecule has 1 saturated carbocycles. The quantitative estimate of drug-likeness (QED) is 0.254. The van der Waals surface area contributed by atoms with Crippen LogP contribution in [0.15, 0.2) is 66.7 Å². The number of hydrogen-bond donors (Lipinski definition) is 3. The fourth-order valence-electron chi connectivity index (χ4n) is 4.00. The van der Waals surface area contributed by atoms with E-state index in [2.05, 4.69) is 15.7 Å². The van der Waals surface area contributed by atoms with Crippen molar-refractivity contribution < 1.29 is 14.7 Å². The summed E-state index contributed by atoms with van der Waals surface area (Å²) in [6, 6.07) is 18.7. The van der Waals surface area contributed by atoms with Gasteiger partial charge in [0.05, 0.1) is 21.4 Å². The molecule has 2 amide bonds. The Morgan fingerprint density at radius 3 is 2.43 bits per heavy atom. The number of carbonyl (C=O) groups is 2. The van der Waals surface area contributed by atoms with Crippen LogP contribution in [0.1, 0.15) is 45.9 Å². The molecule has 1 aliphatic rings. The lowest BCUT2D eigenvalue weighted by Crippen LogP contribution is -2.30. The van der Waals surface area contributed by atoms with Crippen LogP contribution in [0.3, 0.4) is 0 Å². The Kier molecular flexibility index (Phi) is 6.91. The van der Waals surface area contributed by atoms with Crippen LogP contribution in [-0.2, 0) is 6.54 Å². The molecule has 0 unspecified atom stereocenters. The molecule has 1 aromatic heterocycles. The first-order valence-corrected chi connectivity index (χ1v) is 12.6. The molecule has 0 aliphatic heterocycles. The van der Waals surface area contributed by atoms with Crippen LogP contribution in [0.5, 0.6) is 5.75 Å². The predicted octanol–water partition coefficient (Wildman–Crippen LogP) is 6.76. The van der Waals surface area contributed by atoms with E-state index in [4.69, 9.17) is 23.2 Å². The second kappa shape index (κ2) is 10.3. The monoisotopic (exact) mass is 534 g/mol. The molecule has 5 rings (SSSR count). The first-order valence-electron chi connectivity index (χ1n) is 11.8. The van der Waals surface area contributed by atoms with Crippen LogP contribution in [0, 0.1) is 6.92 Å². The molecule has 0 saturated heterocycles. The summed E-state index contributed by atoms with van der Waals surface area (Å²) >= 11 is 12.0. The molecule has 7 nitrogen and oxygen atoms in total. The second-order valence-electron chi connectivity index (χ2n) is 9.10. The van der Waals surface area contributed by atoms with Gasteiger partial charge in [0.2, 0.25) is 0 Å². The number of carbonyl (C=O) groups excluding carboxylic acids is 2. The van der Waals surface area contributed by atoms with E-state index in [1.807, 2.05) is 25.1 Å². The van der Waals surface area contributed by atoms with Gasteiger partial charge in [-0.1, -0.05) is 47.0 Å². The summed E-state index contributed by atoms with van der Waals surface area (Å²) in [7, 11) is 0. The molecule has 37 heavy (non-hydrogen) atoms. The van der Waals surface area contributed by atoms with Gasteiger partial charge in [-0.15, -0.1) is 0 Å². The summed E-state index contributed by atoms with van der Waals surface area (Å²) in [6.07, 6.45) is 1.95. The zero-order valence-electron chi connectivity index (χ0n) is 20.0. The van der Waals surface area contributed by atoms with Gasteiger partial charge in [0.15, 0.2) is 0 Å². The number of anilines is 1. The van der Waals surface area contributed by atoms with Crippen molar-refractivity contribution in [2.75, 3.05) is 5.32 Å². The van der Waals surface area contributed by atoms with Gasteiger partial charge < -0.3 is 15.7 Å². The highest BCUT2D eigenvalue weighted by molar-refractivity contribution is 6.42. The summed E-state index contributed by atoms with van der Waals surface area (Å²) in [5.74, 6) is -0.0804. The molecule has 3 aromatic carbocycles. The Morgan fingerprint density at radius 1 is 1.00 bits per heavy atom. The van der Waals surface area contributed by atoms with Gasteiger partial charge in [-0.05, 0) is 67.8 Å². The number of benzene rings is 3. The smallest absolute Gasteiger partial charge is 0.342 e. The lowest BCUT2D eigenvalue weighted by Gasteiger charge is -2.09. The van der Waals surface area contributed by atoms with E-state index in [0.29, 0.717) is 32.6 Å². The van der Waals surface area contributed by atoms with Crippen LogP contribution < -0.4 is 10.6 Å². The molecule has 0 bridgehead atoms. The van der Waals surface area contributed by atoms with Crippen molar-refractivity contribution >= 4 is 40.8 Å². The van der Waals surface area contributed by atoms with Crippen molar-refractivity contribution in [3.63, 3.8) is 0 Å². The number of hydrogen-bond acceptors (Lipinski definition) is 4. The van der Waals surface area contributed by atoms with Gasteiger partial charge in [-0.2, -0.15) is 9.78 Å². The van der Waals surface area contributed by atoms with E-state index in [1.165, 1.54) is 10.7 Å². The normalized spacial score (nSPS) is 12.8. The third-order valence-electron chi connectivity index (χ3n) is 6.20. The summed E-state index contributed by atoms with van der Waals surface area (Å²) in [6.45, 7) is 2.21. The molecule has 1 heterocycles. The van der Waals surface area contributed by atoms with E-state index in [9.17, 15) is 14.7 Å². The fraction of sp³-hybridized carbons (Fsp3) is 0.179. The minimum atomic E-state index is -0.374. The van der Waals surface area contributed by atoms with E-state index in [0.717, 1.165) is 29.7 Å². The summed E-state index contributed by atoms with van der Waals surface area (Å²) < 4.78 is 1.36. The minimum Gasteiger partial charge on any atom is -0.507 e. The van der Waals surface area contributed by atoms with Crippen molar-refractivity contribution in [1.82, 2.24) is 15.1 Å². The van der Waals surface area contributed by atoms with Crippen molar-refractivity contribution in [3.05, 3.63) is 99.2 Å². The predicted molar refractivity (Wildman–Crippen MR) is 145 cm³/mol. The van der Waals surface area contributed by atoms with Gasteiger partial charge in [0.25, 0.3) is 5.91 Å². The Bertz CT molecular complexity index is 1490. The molecule has 188 valence electrons.